The second-order valence-electron chi connectivity index (χ2n) is 6.83. The Balaban J connectivity index is 1.43. The number of fused-ring (bicyclic) bond motifs is 1. The quantitative estimate of drug-likeness (QED) is 0.741. The van der Waals surface area contributed by atoms with Gasteiger partial charge in [-0.3, -0.25) is 4.90 Å². The summed E-state index contributed by atoms with van der Waals surface area (Å²) in [6.07, 6.45) is 2.44. The normalized spacial score (nSPS) is 16.5. The molecular weight excluding hydrogens is 294 g/mol. The van der Waals surface area contributed by atoms with Crippen LogP contribution in [0.15, 0.2) is 66.7 Å². The smallest absolute Gasteiger partial charge is 0.116 e. The van der Waals surface area contributed by atoms with Gasteiger partial charge in [0, 0.05) is 6.54 Å². The van der Waals surface area contributed by atoms with Crippen molar-refractivity contribution in [3.05, 3.63) is 77.9 Å². The van der Waals surface area contributed by atoms with Crippen molar-refractivity contribution in [3.63, 3.8) is 0 Å². The van der Waals surface area contributed by atoms with Crippen molar-refractivity contribution < 1.29 is 5.11 Å². The minimum Gasteiger partial charge on any atom is -0.508 e. The number of benzene rings is 3. The average molecular weight is 317 g/mol. The molecule has 0 unspecified atom stereocenters. The zero-order valence-corrected chi connectivity index (χ0v) is 13.9. The van der Waals surface area contributed by atoms with Crippen molar-refractivity contribution in [1.29, 1.82) is 0 Å². The average Bonchev–Trinajstić information content (AvgIpc) is 2.63. The summed E-state index contributed by atoms with van der Waals surface area (Å²) < 4.78 is 0. The Morgan fingerprint density at radius 3 is 2.33 bits per heavy atom. The molecule has 2 nitrogen and oxygen atoms in total. The van der Waals surface area contributed by atoms with Crippen LogP contribution >= 0.6 is 0 Å². The van der Waals surface area contributed by atoms with Crippen LogP contribution in [-0.2, 0) is 6.54 Å². The lowest BCUT2D eigenvalue weighted by atomic mass is 9.88. The third-order valence-electron chi connectivity index (χ3n) is 5.16. The summed E-state index contributed by atoms with van der Waals surface area (Å²) in [5.41, 5.74) is 2.84. The number of piperidine rings is 1. The molecular formula is C22H23NO. The number of hydrogen-bond acceptors (Lipinski definition) is 2. The molecule has 4 rings (SSSR count). The van der Waals surface area contributed by atoms with Gasteiger partial charge in [0.2, 0.25) is 0 Å². The molecule has 3 aromatic rings. The van der Waals surface area contributed by atoms with Gasteiger partial charge in [-0.15, -0.1) is 0 Å². The molecule has 1 aliphatic heterocycles. The first kappa shape index (κ1) is 15.2. The molecule has 0 amide bonds. The molecule has 122 valence electrons. The summed E-state index contributed by atoms with van der Waals surface area (Å²) >= 11 is 0. The van der Waals surface area contributed by atoms with E-state index in [-0.39, 0.29) is 0 Å². The van der Waals surface area contributed by atoms with Crippen molar-refractivity contribution >= 4 is 10.8 Å². The molecule has 1 fully saturated rings. The van der Waals surface area contributed by atoms with Gasteiger partial charge in [0.25, 0.3) is 0 Å². The highest BCUT2D eigenvalue weighted by molar-refractivity contribution is 5.84. The third-order valence-corrected chi connectivity index (χ3v) is 5.16. The van der Waals surface area contributed by atoms with Gasteiger partial charge in [-0.2, -0.15) is 0 Å². The van der Waals surface area contributed by atoms with Gasteiger partial charge in [-0.05, 0) is 65.9 Å². The minimum atomic E-state index is 0.337. The molecule has 0 atom stereocenters. The van der Waals surface area contributed by atoms with E-state index in [1.165, 1.54) is 29.4 Å². The van der Waals surface area contributed by atoms with Crippen molar-refractivity contribution in [2.24, 2.45) is 0 Å². The van der Waals surface area contributed by atoms with Crippen LogP contribution in [-0.4, -0.2) is 23.1 Å². The standard InChI is InChI=1S/C22H23NO/c24-22-9-8-20-14-19(6-7-21(20)15-22)18-10-12-23(13-11-18)16-17-4-2-1-3-5-17/h1-9,14-15,18,24H,10-13,16H2. The molecule has 0 bridgehead atoms. The predicted octanol–water partition coefficient (Wildman–Crippen LogP) is 4.93. The fourth-order valence-corrected chi connectivity index (χ4v) is 3.77. The van der Waals surface area contributed by atoms with E-state index in [0.29, 0.717) is 11.7 Å². The molecule has 2 heteroatoms. The fraction of sp³-hybridized carbons (Fsp3) is 0.273. The maximum absolute atomic E-state index is 9.59. The molecule has 0 aromatic heterocycles. The Hall–Kier alpha value is -2.32. The predicted molar refractivity (Wildman–Crippen MR) is 99.3 cm³/mol. The third kappa shape index (κ3) is 3.29. The number of phenolic OH excluding ortho intramolecular Hbond substituents is 1. The maximum atomic E-state index is 9.59. The summed E-state index contributed by atoms with van der Waals surface area (Å²) in [6.45, 7) is 3.38. The Bertz CT molecular complexity index is 820. The summed E-state index contributed by atoms with van der Waals surface area (Å²) in [6, 6.07) is 23.0. The Morgan fingerprint density at radius 1 is 0.833 bits per heavy atom. The van der Waals surface area contributed by atoms with Crippen molar-refractivity contribution in [2.75, 3.05) is 13.1 Å². The largest absolute Gasteiger partial charge is 0.508 e. The van der Waals surface area contributed by atoms with E-state index < -0.39 is 0 Å². The van der Waals surface area contributed by atoms with E-state index in [1.54, 1.807) is 6.07 Å². The van der Waals surface area contributed by atoms with E-state index in [0.717, 1.165) is 25.0 Å². The SMILES string of the molecule is Oc1ccc2cc(C3CCN(Cc4ccccc4)CC3)ccc2c1. The molecule has 0 spiro atoms. The van der Waals surface area contributed by atoms with Crippen LogP contribution < -0.4 is 0 Å². The fourth-order valence-electron chi connectivity index (χ4n) is 3.77. The zero-order chi connectivity index (χ0) is 16.4. The summed E-state index contributed by atoms with van der Waals surface area (Å²) in [7, 11) is 0. The van der Waals surface area contributed by atoms with E-state index in [1.807, 2.05) is 12.1 Å². The van der Waals surface area contributed by atoms with Gasteiger partial charge in [0.1, 0.15) is 5.75 Å². The summed E-state index contributed by atoms with van der Waals surface area (Å²) in [5, 5.41) is 11.9. The number of nitrogens with zero attached hydrogens (tertiary/aromatic N) is 1. The molecule has 1 heterocycles. The number of aromatic hydroxyl groups is 1. The highest BCUT2D eigenvalue weighted by Gasteiger charge is 2.20. The second kappa shape index (κ2) is 6.66. The number of phenols is 1. The van der Waals surface area contributed by atoms with Crippen molar-refractivity contribution in [2.45, 2.75) is 25.3 Å². The van der Waals surface area contributed by atoms with Gasteiger partial charge in [-0.25, -0.2) is 0 Å². The lowest BCUT2D eigenvalue weighted by Crippen LogP contribution is -2.32. The van der Waals surface area contributed by atoms with Gasteiger partial charge < -0.3 is 5.11 Å². The van der Waals surface area contributed by atoms with E-state index in [4.69, 9.17) is 0 Å². The molecule has 1 N–H and O–H groups in total. The Kier molecular flexibility index (Phi) is 4.22. The van der Waals surface area contributed by atoms with Crippen LogP contribution in [0.1, 0.15) is 29.9 Å². The number of likely N-dealkylation sites (tertiary alicyclic amines) is 1. The van der Waals surface area contributed by atoms with Crippen LogP contribution in [0.4, 0.5) is 0 Å². The molecule has 1 aliphatic rings. The molecule has 3 aromatic carbocycles. The second-order valence-corrected chi connectivity index (χ2v) is 6.83. The molecule has 0 radical (unpaired) electrons. The van der Waals surface area contributed by atoms with Crippen LogP contribution in [0.5, 0.6) is 5.75 Å². The molecule has 24 heavy (non-hydrogen) atoms. The van der Waals surface area contributed by atoms with Gasteiger partial charge in [-0.1, -0.05) is 54.6 Å². The molecule has 0 saturated carbocycles. The van der Waals surface area contributed by atoms with Gasteiger partial charge >= 0.3 is 0 Å². The number of hydrogen-bond donors (Lipinski definition) is 1. The minimum absolute atomic E-state index is 0.337. The van der Waals surface area contributed by atoms with Gasteiger partial charge in [0.05, 0.1) is 0 Å². The number of rotatable bonds is 3. The van der Waals surface area contributed by atoms with E-state index in [2.05, 4.69) is 53.4 Å². The van der Waals surface area contributed by atoms with E-state index >= 15 is 0 Å². The molecule has 0 aliphatic carbocycles. The van der Waals surface area contributed by atoms with Crippen LogP contribution in [0.3, 0.4) is 0 Å². The van der Waals surface area contributed by atoms with Crippen LogP contribution in [0.25, 0.3) is 10.8 Å². The summed E-state index contributed by atoms with van der Waals surface area (Å²) in [4.78, 5) is 2.56. The molecule has 1 saturated heterocycles. The lowest BCUT2D eigenvalue weighted by Gasteiger charge is -2.32. The first-order valence-electron chi connectivity index (χ1n) is 8.77. The van der Waals surface area contributed by atoms with Crippen LogP contribution in [0, 0.1) is 0 Å². The Morgan fingerprint density at radius 2 is 1.54 bits per heavy atom. The monoisotopic (exact) mass is 317 g/mol. The van der Waals surface area contributed by atoms with Gasteiger partial charge in [0.15, 0.2) is 0 Å². The first-order valence-corrected chi connectivity index (χ1v) is 8.77. The van der Waals surface area contributed by atoms with Crippen molar-refractivity contribution in [3.8, 4) is 5.75 Å². The lowest BCUT2D eigenvalue weighted by molar-refractivity contribution is 0.204. The highest BCUT2D eigenvalue weighted by atomic mass is 16.3. The zero-order valence-electron chi connectivity index (χ0n) is 13.9. The maximum Gasteiger partial charge on any atom is 0.116 e. The van der Waals surface area contributed by atoms with Crippen LogP contribution in [0.2, 0.25) is 0 Å². The van der Waals surface area contributed by atoms with E-state index in [9.17, 15) is 5.11 Å². The highest BCUT2D eigenvalue weighted by Crippen LogP contribution is 2.31. The Labute approximate surface area is 143 Å². The first-order chi connectivity index (χ1) is 11.8. The van der Waals surface area contributed by atoms with Crippen molar-refractivity contribution in [1.82, 2.24) is 4.90 Å². The topological polar surface area (TPSA) is 23.5 Å². The summed E-state index contributed by atoms with van der Waals surface area (Å²) in [5.74, 6) is 0.986.